The van der Waals surface area contributed by atoms with Crippen LogP contribution in [0.15, 0.2) is 48.5 Å². The Hall–Kier alpha value is -3.02. The average Bonchev–Trinajstić information content (AvgIpc) is 2.63. The number of hydrogen-bond acceptors (Lipinski definition) is 5. The van der Waals surface area contributed by atoms with Crippen LogP contribution >= 0.6 is 0 Å². The molecular formula is C19H22N2O4. The molecule has 132 valence electrons. The number of amides is 1. The Kier molecular flexibility index (Phi) is 6.83. The van der Waals surface area contributed by atoms with E-state index in [-0.39, 0.29) is 5.91 Å². The Morgan fingerprint density at radius 1 is 0.960 bits per heavy atom. The summed E-state index contributed by atoms with van der Waals surface area (Å²) in [6, 6.07) is 14.2. The van der Waals surface area contributed by atoms with Crippen LogP contribution in [0.4, 0.5) is 11.4 Å². The zero-order valence-corrected chi connectivity index (χ0v) is 14.4. The first kappa shape index (κ1) is 18.3. The van der Waals surface area contributed by atoms with E-state index in [1.54, 1.807) is 24.3 Å². The molecule has 0 aliphatic carbocycles. The molecule has 2 aromatic carbocycles. The maximum Gasteiger partial charge on any atom is 0.337 e. The molecule has 0 bridgehead atoms. The Bertz CT molecular complexity index is 696. The third kappa shape index (κ3) is 5.84. The van der Waals surface area contributed by atoms with Crippen molar-refractivity contribution < 1.29 is 19.1 Å². The first-order valence-corrected chi connectivity index (χ1v) is 8.07. The minimum atomic E-state index is -0.405. The summed E-state index contributed by atoms with van der Waals surface area (Å²) in [5, 5.41) is 5.97. The SMILES string of the molecule is CCOc1ccc(NCCC(=O)Nc2ccc(C(=O)OC)cc2)cc1. The lowest BCUT2D eigenvalue weighted by Crippen LogP contribution is -2.16. The van der Waals surface area contributed by atoms with Crippen molar-refractivity contribution in [1.29, 1.82) is 0 Å². The van der Waals surface area contributed by atoms with Gasteiger partial charge in [-0.05, 0) is 55.5 Å². The van der Waals surface area contributed by atoms with Gasteiger partial charge < -0.3 is 20.1 Å². The molecule has 0 spiro atoms. The van der Waals surface area contributed by atoms with Crippen LogP contribution in [0.1, 0.15) is 23.7 Å². The molecule has 0 heterocycles. The molecule has 0 radical (unpaired) electrons. The number of anilines is 2. The van der Waals surface area contributed by atoms with Gasteiger partial charge in [-0.2, -0.15) is 0 Å². The molecule has 2 rings (SSSR count). The summed E-state index contributed by atoms with van der Waals surface area (Å²) < 4.78 is 10.0. The van der Waals surface area contributed by atoms with Gasteiger partial charge in [0.2, 0.25) is 5.91 Å². The largest absolute Gasteiger partial charge is 0.494 e. The van der Waals surface area contributed by atoms with E-state index in [4.69, 9.17) is 4.74 Å². The lowest BCUT2D eigenvalue weighted by atomic mass is 10.2. The lowest BCUT2D eigenvalue weighted by molar-refractivity contribution is -0.115. The minimum absolute atomic E-state index is 0.107. The van der Waals surface area contributed by atoms with Crippen LogP contribution in [0.25, 0.3) is 0 Å². The maximum absolute atomic E-state index is 12.0. The highest BCUT2D eigenvalue weighted by Gasteiger charge is 2.06. The van der Waals surface area contributed by atoms with E-state index >= 15 is 0 Å². The smallest absolute Gasteiger partial charge is 0.337 e. The molecule has 0 saturated heterocycles. The number of carbonyl (C=O) groups excluding carboxylic acids is 2. The molecule has 0 saturated carbocycles. The van der Waals surface area contributed by atoms with E-state index < -0.39 is 5.97 Å². The molecule has 2 N–H and O–H groups in total. The summed E-state index contributed by atoms with van der Waals surface area (Å²) in [7, 11) is 1.33. The van der Waals surface area contributed by atoms with Crippen molar-refractivity contribution in [2.24, 2.45) is 0 Å². The molecule has 0 fully saturated rings. The number of hydrogen-bond donors (Lipinski definition) is 2. The molecule has 1 amide bonds. The second kappa shape index (κ2) is 9.32. The number of ether oxygens (including phenoxy) is 2. The fraction of sp³-hybridized carbons (Fsp3) is 0.263. The van der Waals surface area contributed by atoms with Crippen LogP contribution in [0.3, 0.4) is 0 Å². The van der Waals surface area contributed by atoms with Gasteiger partial charge in [-0.1, -0.05) is 0 Å². The zero-order valence-electron chi connectivity index (χ0n) is 14.4. The number of methoxy groups -OCH3 is 1. The topological polar surface area (TPSA) is 76.7 Å². The fourth-order valence-corrected chi connectivity index (χ4v) is 2.19. The van der Waals surface area contributed by atoms with Crippen molar-refractivity contribution in [3.63, 3.8) is 0 Å². The summed E-state index contributed by atoms with van der Waals surface area (Å²) in [5.41, 5.74) is 2.01. The molecular weight excluding hydrogens is 320 g/mol. The van der Waals surface area contributed by atoms with Crippen LogP contribution in [-0.2, 0) is 9.53 Å². The molecule has 0 atom stereocenters. The highest BCUT2D eigenvalue weighted by atomic mass is 16.5. The van der Waals surface area contributed by atoms with E-state index in [0.29, 0.717) is 30.8 Å². The Labute approximate surface area is 147 Å². The molecule has 0 aromatic heterocycles. The van der Waals surface area contributed by atoms with Gasteiger partial charge in [-0.25, -0.2) is 4.79 Å². The van der Waals surface area contributed by atoms with Gasteiger partial charge in [-0.15, -0.1) is 0 Å². The van der Waals surface area contributed by atoms with Crippen LogP contribution in [-0.4, -0.2) is 32.1 Å². The highest BCUT2D eigenvalue weighted by molar-refractivity contribution is 5.93. The quantitative estimate of drug-likeness (QED) is 0.720. The highest BCUT2D eigenvalue weighted by Crippen LogP contribution is 2.15. The van der Waals surface area contributed by atoms with E-state index in [2.05, 4.69) is 15.4 Å². The molecule has 0 aliphatic heterocycles. The van der Waals surface area contributed by atoms with Gasteiger partial charge in [0.1, 0.15) is 5.75 Å². The van der Waals surface area contributed by atoms with Gasteiger partial charge in [0.05, 0.1) is 19.3 Å². The van der Waals surface area contributed by atoms with E-state index in [0.717, 1.165) is 11.4 Å². The van der Waals surface area contributed by atoms with E-state index in [1.807, 2.05) is 31.2 Å². The van der Waals surface area contributed by atoms with E-state index in [9.17, 15) is 9.59 Å². The average molecular weight is 342 g/mol. The summed E-state index contributed by atoms with van der Waals surface area (Å²) in [6.45, 7) is 3.08. The molecule has 6 heteroatoms. The number of esters is 1. The number of carbonyl (C=O) groups is 2. The van der Waals surface area contributed by atoms with Gasteiger partial charge in [0, 0.05) is 24.3 Å². The molecule has 6 nitrogen and oxygen atoms in total. The van der Waals surface area contributed by atoms with Crippen molar-refractivity contribution in [2.75, 3.05) is 30.9 Å². The van der Waals surface area contributed by atoms with Crippen molar-refractivity contribution in [3.05, 3.63) is 54.1 Å². The lowest BCUT2D eigenvalue weighted by Gasteiger charge is -2.09. The summed E-state index contributed by atoms with van der Waals surface area (Å²) in [4.78, 5) is 23.3. The molecule has 2 aromatic rings. The van der Waals surface area contributed by atoms with Crippen molar-refractivity contribution in [3.8, 4) is 5.75 Å². The van der Waals surface area contributed by atoms with Gasteiger partial charge >= 0.3 is 5.97 Å². The van der Waals surface area contributed by atoms with Crippen molar-refractivity contribution in [2.45, 2.75) is 13.3 Å². The first-order chi connectivity index (χ1) is 12.1. The molecule has 0 aliphatic rings. The third-order valence-electron chi connectivity index (χ3n) is 3.44. The normalized spacial score (nSPS) is 10.0. The predicted octanol–water partition coefficient (Wildman–Crippen LogP) is 3.31. The second-order valence-corrected chi connectivity index (χ2v) is 5.25. The van der Waals surface area contributed by atoms with Gasteiger partial charge in [0.15, 0.2) is 0 Å². The zero-order chi connectivity index (χ0) is 18.1. The number of nitrogens with one attached hydrogen (secondary N) is 2. The van der Waals surface area contributed by atoms with Crippen LogP contribution in [0, 0.1) is 0 Å². The maximum atomic E-state index is 12.0. The Morgan fingerprint density at radius 2 is 1.60 bits per heavy atom. The van der Waals surface area contributed by atoms with Crippen molar-refractivity contribution in [1.82, 2.24) is 0 Å². The van der Waals surface area contributed by atoms with Crippen LogP contribution < -0.4 is 15.4 Å². The monoisotopic (exact) mass is 342 g/mol. The minimum Gasteiger partial charge on any atom is -0.494 e. The second-order valence-electron chi connectivity index (χ2n) is 5.25. The number of benzene rings is 2. The fourth-order valence-electron chi connectivity index (χ4n) is 2.19. The third-order valence-corrected chi connectivity index (χ3v) is 3.44. The Morgan fingerprint density at radius 3 is 2.20 bits per heavy atom. The first-order valence-electron chi connectivity index (χ1n) is 8.07. The van der Waals surface area contributed by atoms with Gasteiger partial charge in [-0.3, -0.25) is 4.79 Å². The number of rotatable bonds is 8. The van der Waals surface area contributed by atoms with Crippen LogP contribution in [0.5, 0.6) is 5.75 Å². The summed E-state index contributed by atoms with van der Waals surface area (Å²) in [6.07, 6.45) is 0.325. The standard InChI is InChI=1S/C19H22N2O4/c1-3-25-17-10-8-15(9-11-17)20-13-12-18(22)21-16-6-4-14(5-7-16)19(23)24-2/h4-11,20H,3,12-13H2,1-2H3,(H,21,22). The van der Waals surface area contributed by atoms with Crippen LogP contribution in [0.2, 0.25) is 0 Å². The summed E-state index contributed by atoms with van der Waals surface area (Å²) in [5.74, 6) is 0.308. The summed E-state index contributed by atoms with van der Waals surface area (Å²) >= 11 is 0. The van der Waals surface area contributed by atoms with E-state index in [1.165, 1.54) is 7.11 Å². The van der Waals surface area contributed by atoms with Crippen molar-refractivity contribution >= 4 is 23.3 Å². The molecule has 0 unspecified atom stereocenters. The Balaban J connectivity index is 1.75. The van der Waals surface area contributed by atoms with Gasteiger partial charge in [0.25, 0.3) is 0 Å². The predicted molar refractivity (Wildman–Crippen MR) is 97.1 cm³/mol. The molecule has 25 heavy (non-hydrogen) atoms.